The number of benzene rings is 2. The predicted octanol–water partition coefficient (Wildman–Crippen LogP) is 4.22. The predicted molar refractivity (Wildman–Crippen MR) is 87.5 cm³/mol. The van der Waals surface area contributed by atoms with Crippen molar-refractivity contribution in [3.05, 3.63) is 65.2 Å². The molecule has 2 aromatic rings. The number of terminal acetylenes is 1. The highest BCUT2D eigenvalue weighted by molar-refractivity contribution is 6.05. The lowest BCUT2D eigenvalue weighted by Crippen LogP contribution is -2.20. The second-order valence-electron chi connectivity index (χ2n) is 5.97. The zero-order chi connectivity index (χ0) is 15.5. The molecule has 0 saturated carbocycles. The van der Waals surface area contributed by atoms with Crippen molar-refractivity contribution < 1.29 is 4.79 Å². The van der Waals surface area contributed by atoms with Gasteiger partial charge in [-0.05, 0) is 35.2 Å². The number of anilines is 1. The molecule has 0 unspecified atom stereocenters. The first-order chi connectivity index (χ1) is 9.91. The van der Waals surface area contributed by atoms with E-state index in [9.17, 15) is 4.79 Å². The topological polar surface area (TPSA) is 29.1 Å². The second-order valence-corrected chi connectivity index (χ2v) is 5.97. The fourth-order valence-electron chi connectivity index (χ4n) is 2.22. The van der Waals surface area contributed by atoms with E-state index in [1.807, 2.05) is 42.5 Å². The normalized spacial score (nSPS) is 10.8. The number of nitrogens with one attached hydrogen (secondary N) is 1. The van der Waals surface area contributed by atoms with Crippen molar-refractivity contribution in [3.63, 3.8) is 0 Å². The zero-order valence-electron chi connectivity index (χ0n) is 12.6. The number of rotatable bonds is 2. The number of carbonyl (C=O) groups excluding carboxylic acids is 1. The molecule has 0 saturated heterocycles. The number of carbonyl (C=O) groups is 1. The van der Waals surface area contributed by atoms with Crippen molar-refractivity contribution in [2.75, 3.05) is 5.32 Å². The van der Waals surface area contributed by atoms with Gasteiger partial charge in [-0.2, -0.15) is 0 Å². The fourth-order valence-corrected chi connectivity index (χ4v) is 2.22. The Balaban J connectivity index is 2.31. The Bertz CT molecular complexity index is 702. The van der Waals surface area contributed by atoms with Crippen molar-refractivity contribution in [1.29, 1.82) is 0 Å². The lowest BCUT2D eigenvalue weighted by Gasteiger charge is -2.22. The van der Waals surface area contributed by atoms with E-state index >= 15 is 0 Å². The summed E-state index contributed by atoms with van der Waals surface area (Å²) >= 11 is 0. The van der Waals surface area contributed by atoms with Crippen LogP contribution in [0.4, 0.5) is 5.69 Å². The molecule has 0 bridgehead atoms. The van der Waals surface area contributed by atoms with Crippen LogP contribution in [0.15, 0.2) is 48.5 Å². The van der Waals surface area contributed by atoms with Gasteiger partial charge in [0.15, 0.2) is 0 Å². The summed E-state index contributed by atoms with van der Waals surface area (Å²) in [5.74, 6) is 2.45. The van der Waals surface area contributed by atoms with Gasteiger partial charge in [0.25, 0.3) is 5.91 Å². The quantitative estimate of drug-likeness (QED) is 0.818. The molecular weight excluding hydrogens is 258 g/mol. The molecule has 106 valence electrons. The third-order valence-corrected chi connectivity index (χ3v) is 3.27. The molecule has 0 aliphatic rings. The van der Waals surface area contributed by atoms with Crippen LogP contribution in [0.1, 0.15) is 42.3 Å². The molecule has 0 atom stereocenters. The van der Waals surface area contributed by atoms with Crippen LogP contribution in [0.5, 0.6) is 0 Å². The summed E-state index contributed by atoms with van der Waals surface area (Å²) in [6, 6.07) is 15.0. The maximum absolute atomic E-state index is 12.5. The smallest absolute Gasteiger partial charge is 0.255 e. The minimum Gasteiger partial charge on any atom is -0.322 e. The minimum absolute atomic E-state index is 0.0887. The molecule has 2 nitrogen and oxygen atoms in total. The average molecular weight is 277 g/mol. The van der Waals surface area contributed by atoms with Crippen molar-refractivity contribution in [2.45, 2.75) is 26.2 Å². The van der Waals surface area contributed by atoms with Gasteiger partial charge >= 0.3 is 0 Å². The monoisotopic (exact) mass is 277 g/mol. The van der Waals surface area contributed by atoms with Gasteiger partial charge in [0.05, 0.1) is 0 Å². The highest BCUT2D eigenvalue weighted by Crippen LogP contribution is 2.26. The molecule has 0 aromatic heterocycles. The van der Waals surface area contributed by atoms with Gasteiger partial charge < -0.3 is 5.32 Å². The van der Waals surface area contributed by atoms with Crippen LogP contribution in [0.25, 0.3) is 0 Å². The molecule has 21 heavy (non-hydrogen) atoms. The van der Waals surface area contributed by atoms with Crippen LogP contribution in [-0.4, -0.2) is 5.91 Å². The molecule has 0 aliphatic heterocycles. The van der Waals surface area contributed by atoms with E-state index in [2.05, 4.69) is 32.0 Å². The van der Waals surface area contributed by atoms with Crippen molar-refractivity contribution in [1.82, 2.24) is 0 Å². The molecule has 2 heteroatoms. The van der Waals surface area contributed by atoms with Crippen molar-refractivity contribution in [2.24, 2.45) is 0 Å². The lowest BCUT2D eigenvalue weighted by molar-refractivity contribution is 0.102. The highest BCUT2D eigenvalue weighted by atomic mass is 16.1. The van der Waals surface area contributed by atoms with E-state index in [4.69, 9.17) is 6.42 Å². The van der Waals surface area contributed by atoms with Gasteiger partial charge in [0, 0.05) is 16.8 Å². The Morgan fingerprint density at radius 2 is 1.81 bits per heavy atom. The van der Waals surface area contributed by atoms with E-state index in [1.165, 1.54) is 0 Å². The number of hydrogen-bond donors (Lipinski definition) is 1. The summed E-state index contributed by atoms with van der Waals surface area (Å²) < 4.78 is 0. The summed E-state index contributed by atoms with van der Waals surface area (Å²) in [7, 11) is 0. The van der Waals surface area contributed by atoms with Gasteiger partial charge in [-0.1, -0.05) is 51.0 Å². The Morgan fingerprint density at radius 1 is 1.10 bits per heavy atom. The van der Waals surface area contributed by atoms with Gasteiger partial charge in [-0.3, -0.25) is 4.79 Å². The molecular formula is C19H19NO. The number of amides is 1. The van der Waals surface area contributed by atoms with E-state index in [1.54, 1.807) is 6.07 Å². The van der Waals surface area contributed by atoms with E-state index in [0.717, 1.165) is 11.1 Å². The van der Waals surface area contributed by atoms with E-state index in [0.29, 0.717) is 11.3 Å². The largest absolute Gasteiger partial charge is 0.322 e. The van der Waals surface area contributed by atoms with E-state index in [-0.39, 0.29) is 11.3 Å². The Morgan fingerprint density at radius 3 is 2.48 bits per heavy atom. The van der Waals surface area contributed by atoms with Crippen LogP contribution in [0.3, 0.4) is 0 Å². The third kappa shape index (κ3) is 3.52. The first-order valence-electron chi connectivity index (χ1n) is 6.89. The van der Waals surface area contributed by atoms with Crippen LogP contribution in [0.2, 0.25) is 0 Å². The standard InChI is InChI=1S/C19H19NO/c1-5-14-9-8-10-15(13-14)20-18(21)16-11-6-7-12-17(16)19(2,3)4/h1,6-13H,2-4H3,(H,20,21). The van der Waals surface area contributed by atoms with Gasteiger partial charge in [-0.25, -0.2) is 0 Å². The molecule has 0 aliphatic carbocycles. The molecule has 1 amide bonds. The van der Waals surface area contributed by atoms with Crippen molar-refractivity contribution in [3.8, 4) is 12.3 Å². The van der Waals surface area contributed by atoms with Gasteiger partial charge in [0.2, 0.25) is 0 Å². The van der Waals surface area contributed by atoms with Gasteiger partial charge in [-0.15, -0.1) is 6.42 Å². The summed E-state index contributed by atoms with van der Waals surface area (Å²) in [4.78, 5) is 12.5. The maximum Gasteiger partial charge on any atom is 0.255 e. The first-order valence-corrected chi connectivity index (χ1v) is 6.89. The van der Waals surface area contributed by atoms with Crippen molar-refractivity contribution >= 4 is 11.6 Å². The molecule has 0 heterocycles. The lowest BCUT2D eigenvalue weighted by atomic mass is 9.83. The van der Waals surface area contributed by atoms with Crippen LogP contribution in [0, 0.1) is 12.3 Å². The summed E-state index contributed by atoms with van der Waals surface area (Å²) in [5, 5.41) is 2.91. The zero-order valence-corrected chi connectivity index (χ0v) is 12.6. The molecule has 2 aromatic carbocycles. The van der Waals surface area contributed by atoms with Crippen LogP contribution < -0.4 is 5.32 Å². The molecule has 2 rings (SSSR count). The Kier molecular flexibility index (Phi) is 4.14. The molecule has 1 N–H and O–H groups in total. The Hall–Kier alpha value is -2.53. The highest BCUT2D eigenvalue weighted by Gasteiger charge is 2.21. The van der Waals surface area contributed by atoms with Gasteiger partial charge in [0.1, 0.15) is 0 Å². The number of hydrogen-bond acceptors (Lipinski definition) is 1. The van der Waals surface area contributed by atoms with E-state index < -0.39 is 0 Å². The summed E-state index contributed by atoms with van der Waals surface area (Å²) in [6.45, 7) is 6.29. The second kappa shape index (κ2) is 5.85. The maximum atomic E-state index is 12.5. The SMILES string of the molecule is C#Cc1cccc(NC(=O)c2ccccc2C(C)(C)C)c1. The summed E-state index contributed by atoms with van der Waals surface area (Å²) in [5.41, 5.74) is 3.08. The molecule has 0 fully saturated rings. The van der Waals surface area contributed by atoms with Crippen LogP contribution >= 0.6 is 0 Å². The van der Waals surface area contributed by atoms with Crippen LogP contribution in [-0.2, 0) is 5.41 Å². The summed E-state index contributed by atoms with van der Waals surface area (Å²) in [6.07, 6.45) is 5.38. The Labute approximate surface area is 126 Å². The first kappa shape index (κ1) is 14.9. The fraction of sp³-hybridized carbons (Fsp3) is 0.211. The average Bonchev–Trinajstić information content (AvgIpc) is 2.46. The minimum atomic E-state index is -0.116. The molecule has 0 radical (unpaired) electrons. The molecule has 0 spiro atoms. The third-order valence-electron chi connectivity index (χ3n) is 3.27.